The summed E-state index contributed by atoms with van der Waals surface area (Å²) in [6.45, 7) is 0.804. The summed E-state index contributed by atoms with van der Waals surface area (Å²) in [5.74, 6) is 0. The van der Waals surface area contributed by atoms with Crippen LogP contribution in [-0.4, -0.2) is 16.6 Å². The van der Waals surface area contributed by atoms with Crippen molar-refractivity contribution >= 4 is 58.0 Å². The number of rotatable bonds is 6. The predicted molar refractivity (Wildman–Crippen MR) is 140 cm³/mol. The zero-order chi connectivity index (χ0) is 22.4. The van der Waals surface area contributed by atoms with Gasteiger partial charge in [-0.05, 0) is 79.2 Å². The van der Waals surface area contributed by atoms with Crippen molar-refractivity contribution in [2.45, 2.75) is 47.4 Å². The lowest BCUT2D eigenvalue weighted by Gasteiger charge is -2.38. The largest absolute Gasteiger partial charge is 0.362 e. The Morgan fingerprint density at radius 2 is 1.56 bits per heavy atom. The standard InChI is InChI=1S/C25H25Cl2N3S2/c26-19-6-4-18(5-7-19)25(14-2-1-3-15-25)17-29-24(31)30-21-10-13-23(28-16-21)32-22-11-8-20(27)9-12-22/h4-13,16H,1-3,14-15,17H2,(H2,29,30,31). The maximum absolute atomic E-state index is 6.12. The fraction of sp³-hybridized carbons (Fsp3) is 0.280. The highest BCUT2D eigenvalue weighted by atomic mass is 35.5. The van der Waals surface area contributed by atoms with E-state index in [0.717, 1.165) is 45.0 Å². The van der Waals surface area contributed by atoms with Crippen molar-refractivity contribution in [3.63, 3.8) is 0 Å². The third kappa shape index (κ3) is 6.16. The van der Waals surface area contributed by atoms with E-state index in [1.165, 1.54) is 24.8 Å². The van der Waals surface area contributed by atoms with Gasteiger partial charge < -0.3 is 10.6 Å². The number of nitrogens with zero attached hydrogens (tertiary/aromatic N) is 1. The number of benzene rings is 2. The summed E-state index contributed by atoms with van der Waals surface area (Å²) in [5.41, 5.74) is 2.29. The lowest BCUT2D eigenvalue weighted by atomic mass is 9.69. The van der Waals surface area contributed by atoms with Gasteiger partial charge in [0.05, 0.1) is 11.9 Å². The lowest BCUT2D eigenvalue weighted by molar-refractivity contribution is 0.292. The van der Waals surface area contributed by atoms with Crippen LogP contribution < -0.4 is 10.6 Å². The maximum Gasteiger partial charge on any atom is 0.170 e. The molecule has 2 N–H and O–H groups in total. The van der Waals surface area contributed by atoms with Gasteiger partial charge >= 0.3 is 0 Å². The molecule has 3 nitrogen and oxygen atoms in total. The van der Waals surface area contributed by atoms with Crippen molar-refractivity contribution in [2.24, 2.45) is 0 Å². The second-order valence-electron chi connectivity index (χ2n) is 8.10. The van der Waals surface area contributed by atoms with Gasteiger partial charge in [-0.2, -0.15) is 0 Å². The highest BCUT2D eigenvalue weighted by Crippen LogP contribution is 2.39. The van der Waals surface area contributed by atoms with Gasteiger partial charge in [-0.15, -0.1) is 0 Å². The molecule has 2 aromatic carbocycles. The number of thiocarbonyl (C=S) groups is 1. The fourth-order valence-corrected chi connectivity index (χ4v) is 5.36. The van der Waals surface area contributed by atoms with Crippen molar-refractivity contribution < 1.29 is 0 Å². The van der Waals surface area contributed by atoms with Crippen LogP contribution in [0.25, 0.3) is 0 Å². The average molecular weight is 503 g/mol. The van der Waals surface area contributed by atoms with Crippen molar-refractivity contribution in [1.29, 1.82) is 0 Å². The molecule has 1 aliphatic carbocycles. The average Bonchev–Trinajstić information content (AvgIpc) is 2.82. The molecule has 0 saturated heterocycles. The summed E-state index contributed by atoms with van der Waals surface area (Å²) in [7, 11) is 0. The van der Waals surface area contributed by atoms with E-state index in [-0.39, 0.29) is 5.41 Å². The van der Waals surface area contributed by atoms with E-state index in [1.54, 1.807) is 11.8 Å². The molecule has 166 valence electrons. The fourth-order valence-electron chi connectivity index (χ4n) is 4.16. The molecule has 3 aromatic rings. The topological polar surface area (TPSA) is 37.0 Å². The van der Waals surface area contributed by atoms with Gasteiger partial charge in [0, 0.05) is 26.9 Å². The van der Waals surface area contributed by atoms with Gasteiger partial charge in [-0.3, -0.25) is 0 Å². The molecule has 4 rings (SSSR count). The number of nitrogens with one attached hydrogen (secondary N) is 2. The summed E-state index contributed by atoms with van der Waals surface area (Å²) in [6, 6.07) is 20.0. The molecule has 32 heavy (non-hydrogen) atoms. The monoisotopic (exact) mass is 501 g/mol. The quantitative estimate of drug-likeness (QED) is 0.338. The second kappa shape index (κ2) is 10.9. The smallest absolute Gasteiger partial charge is 0.170 e. The maximum atomic E-state index is 6.12. The molecule has 0 bridgehead atoms. The van der Waals surface area contributed by atoms with Crippen LogP contribution in [0.3, 0.4) is 0 Å². The molecule has 0 aliphatic heterocycles. The lowest BCUT2D eigenvalue weighted by Crippen LogP contribution is -2.43. The van der Waals surface area contributed by atoms with Crippen LogP contribution in [0.1, 0.15) is 37.7 Å². The van der Waals surface area contributed by atoms with Crippen molar-refractivity contribution in [3.05, 3.63) is 82.5 Å². The molecule has 1 saturated carbocycles. The number of anilines is 1. The van der Waals surface area contributed by atoms with Crippen molar-refractivity contribution in [1.82, 2.24) is 10.3 Å². The Balaban J connectivity index is 1.35. The number of hydrogen-bond acceptors (Lipinski definition) is 3. The zero-order valence-electron chi connectivity index (χ0n) is 17.6. The first-order valence-electron chi connectivity index (χ1n) is 10.7. The highest BCUT2D eigenvalue weighted by molar-refractivity contribution is 7.99. The first-order valence-corrected chi connectivity index (χ1v) is 12.7. The van der Waals surface area contributed by atoms with Gasteiger partial charge in [-0.25, -0.2) is 4.98 Å². The summed E-state index contributed by atoms with van der Waals surface area (Å²) < 4.78 is 0. The molecule has 7 heteroatoms. The van der Waals surface area contributed by atoms with Crippen LogP contribution in [0.15, 0.2) is 76.8 Å². The molecule has 1 aromatic heterocycles. The van der Waals surface area contributed by atoms with E-state index in [2.05, 4.69) is 27.8 Å². The highest BCUT2D eigenvalue weighted by Gasteiger charge is 2.33. The Morgan fingerprint density at radius 3 is 2.19 bits per heavy atom. The minimum Gasteiger partial charge on any atom is -0.362 e. The number of hydrogen-bond donors (Lipinski definition) is 2. The minimum absolute atomic E-state index is 0.0892. The molecular weight excluding hydrogens is 477 g/mol. The van der Waals surface area contributed by atoms with E-state index < -0.39 is 0 Å². The molecule has 0 unspecified atom stereocenters. The number of pyridine rings is 1. The van der Waals surface area contributed by atoms with E-state index in [4.69, 9.17) is 35.4 Å². The molecule has 0 amide bonds. The van der Waals surface area contributed by atoms with Crippen LogP contribution in [0, 0.1) is 0 Å². The molecule has 0 spiro atoms. The first-order chi connectivity index (χ1) is 15.5. The Hall–Kier alpha value is -1.79. The minimum atomic E-state index is 0.0892. The Morgan fingerprint density at radius 1 is 0.906 bits per heavy atom. The summed E-state index contributed by atoms with van der Waals surface area (Å²) in [6.07, 6.45) is 7.89. The van der Waals surface area contributed by atoms with Crippen molar-refractivity contribution in [2.75, 3.05) is 11.9 Å². The van der Waals surface area contributed by atoms with Crippen molar-refractivity contribution in [3.8, 4) is 0 Å². The molecule has 1 fully saturated rings. The SMILES string of the molecule is S=C(NCC1(c2ccc(Cl)cc2)CCCCC1)Nc1ccc(Sc2ccc(Cl)cc2)nc1. The molecule has 1 aliphatic rings. The van der Waals surface area contributed by atoms with Gasteiger partial charge in [0.1, 0.15) is 5.03 Å². The zero-order valence-corrected chi connectivity index (χ0v) is 20.8. The Bertz CT molecular complexity index is 1030. The summed E-state index contributed by atoms with van der Waals surface area (Å²) in [4.78, 5) is 5.63. The van der Waals surface area contributed by atoms with Gasteiger partial charge in [0.2, 0.25) is 0 Å². The summed E-state index contributed by atoms with van der Waals surface area (Å²) >= 11 is 19.3. The summed E-state index contributed by atoms with van der Waals surface area (Å²) in [5, 5.41) is 9.76. The van der Waals surface area contributed by atoms with Crippen LogP contribution in [0.5, 0.6) is 0 Å². The Labute approximate surface area is 209 Å². The van der Waals surface area contributed by atoms with E-state index in [0.29, 0.717) is 5.11 Å². The predicted octanol–water partition coefficient (Wildman–Crippen LogP) is 7.73. The van der Waals surface area contributed by atoms with Crippen LogP contribution in [0.2, 0.25) is 10.0 Å². The molecule has 1 heterocycles. The first kappa shape index (κ1) is 23.4. The number of aromatic nitrogens is 1. The third-order valence-corrected chi connectivity index (χ3v) is 7.59. The van der Waals surface area contributed by atoms with Crippen LogP contribution >= 0.6 is 47.2 Å². The van der Waals surface area contributed by atoms with E-state index >= 15 is 0 Å². The van der Waals surface area contributed by atoms with E-state index in [1.807, 2.05) is 54.7 Å². The Kier molecular flexibility index (Phi) is 7.95. The van der Waals surface area contributed by atoms with Gasteiger partial charge in [-0.1, -0.05) is 66.4 Å². The molecule has 0 atom stereocenters. The second-order valence-corrected chi connectivity index (χ2v) is 10.5. The molecular formula is C25H25Cl2N3S2. The van der Waals surface area contributed by atoms with Gasteiger partial charge in [0.25, 0.3) is 0 Å². The van der Waals surface area contributed by atoms with E-state index in [9.17, 15) is 0 Å². The van der Waals surface area contributed by atoms with Crippen LogP contribution in [0.4, 0.5) is 5.69 Å². The van der Waals surface area contributed by atoms with Crippen LogP contribution in [-0.2, 0) is 5.41 Å². The molecule has 0 radical (unpaired) electrons. The normalized spacial score (nSPS) is 15.2. The van der Waals surface area contributed by atoms with Gasteiger partial charge in [0.15, 0.2) is 5.11 Å². The number of halogens is 2. The third-order valence-electron chi connectivity index (χ3n) is 5.88.